The molecule has 0 saturated carbocycles. The van der Waals surface area contributed by atoms with Gasteiger partial charge in [0.25, 0.3) is 5.69 Å². The summed E-state index contributed by atoms with van der Waals surface area (Å²) in [5.74, 6) is 1.29. The second kappa shape index (κ2) is 6.12. The van der Waals surface area contributed by atoms with E-state index in [1.165, 1.54) is 6.42 Å². The van der Waals surface area contributed by atoms with E-state index in [-0.39, 0.29) is 10.6 Å². The summed E-state index contributed by atoms with van der Waals surface area (Å²) >= 11 is 3.46. The van der Waals surface area contributed by atoms with E-state index in [0.717, 1.165) is 17.8 Å². The van der Waals surface area contributed by atoms with Gasteiger partial charge < -0.3 is 4.90 Å². The Labute approximate surface area is 128 Å². The summed E-state index contributed by atoms with van der Waals surface area (Å²) in [4.78, 5) is 13.0. The Bertz CT molecular complexity index is 507. The second-order valence-electron chi connectivity index (χ2n) is 5.91. The lowest BCUT2D eigenvalue weighted by Gasteiger charge is -2.43. The first kappa shape index (κ1) is 15.3. The topological polar surface area (TPSA) is 46.4 Å². The molecule has 2 rings (SSSR count). The van der Waals surface area contributed by atoms with Gasteiger partial charge in [0.15, 0.2) is 0 Å². The Balaban J connectivity index is 2.38. The minimum Gasteiger partial charge on any atom is -0.368 e. The van der Waals surface area contributed by atoms with Crippen LogP contribution in [0.15, 0.2) is 18.2 Å². The van der Waals surface area contributed by atoms with Crippen molar-refractivity contribution >= 4 is 27.3 Å². The van der Waals surface area contributed by atoms with Crippen molar-refractivity contribution in [2.24, 2.45) is 11.8 Å². The summed E-state index contributed by atoms with van der Waals surface area (Å²) in [6.45, 7) is 7.82. The van der Waals surface area contributed by atoms with Crippen molar-refractivity contribution in [3.63, 3.8) is 0 Å². The average molecular weight is 341 g/mol. The molecule has 1 aromatic carbocycles. The molecule has 20 heavy (non-hydrogen) atoms. The second-order valence-corrected chi connectivity index (χ2v) is 6.48. The molecule has 1 aliphatic heterocycles. The summed E-state index contributed by atoms with van der Waals surface area (Å²) in [6.07, 6.45) is 1.24. The Morgan fingerprint density at radius 3 is 2.70 bits per heavy atom. The van der Waals surface area contributed by atoms with Gasteiger partial charge in [0, 0.05) is 35.7 Å². The van der Waals surface area contributed by atoms with Gasteiger partial charge in [-0.25, -0.2) is 0 Å². The van der Waals surface area contributed by atoms with Crippen LogP contribution in [0.5, 0.6) is 0 Å². The third-order valence-corrected chi connectivity index (χ3v) is 4.93. The van der Waals surface area contributed by atoms with Crippen LogP contribution >= 0.6 is 15.9 Å². The van der Waals surface area contributed by atoms with Crippen molar-refractivity contribution in [2.45, 2.75) is 38.6 Å². The first-order chi connectivity index (χ1) is 9.43. The monoisotopic (exact) mass is 340 g/mol. The fraction of sp³-hybridized carbons (Fsp3) is 0.600. The molecule has 3 atom stereocenters. The average Bonchev–Trinajstić information content (AvgIpc) is 2.42. The highest BCUT2D eigenvalue weighted by atomic mass is 79.9. The number of nitrogens with zero attached hydrogens (tertiary/aromatic N) is 2. The van der Waals surface area contributed by atoms with E-state index in [1.807, 2.05) is 6.07 Å². The highest BCUT2D eigenvalue weighted by Gasteiger charge is 2.30. The molecule has 1 saturated heterocycles. The van der Waals surface area contributed by atoms with E-state index < -0.39 is 0 Å². The van der Waals surface area contributed by atoms with Gasteiger partial charge in [-0.3, -0.25) is 10.1 Å². The third kappa shape index (κ3) is 2.97. The molecule has 1 fully saturated rings. The number of rotatable bonds is 3. The van der Waals surface area contributed by atoms with E-state index in [4.69, 9.17) is 0 Å². The number of benzene rings is 1. The van der Waals surface area contributed by atoms with Crippen molar-refractivity contribution in [1.82, 2.24) is 0 Å². The van der Waals surface area contributed by atoms with Crippen molar-refractivity contribution < 1.29 is 4.92 Å². The van der Waals surface area contributed by atoms with Crippen molar-refractivity contribution in [3.05, 3.63) is 33.9 Å². The SMILES string of the molecule is CC1CC(C)C(C)N(c2ccc([N+](=O)[O-])cc2CBr)C1. The molecule has 4 nitrogen and oxygen atoms in total. The fourth-order valence-electron chi connectivity index (χ4n) is 3.11. The molecule has 0 radical (unpaired) electrons. The van der Waals surface area contributed by atoms with E-state index in [0.29, 0.717) is 23.2 Å². The molecule has 3 unspecified atom stereocenters. The largest absolute Gasteiger partial charge is 0.368 e. The smallest absolute Gasteiger partial charge is 0.269 e. The standard InChI is InChI=1S/C15H21BrN2O2/c1-10-6-11(2)12(3)17(9-10)15-5-4-14(18(19)20)7-13(15)8-16/h4-5,7,10-12H,6,8-9H2,1-3H3. The number of alkyl halides is 1. The maximum absolute atomic E-state index is 10.9. The van der Waals surface area contributed by atoms with Crippen molar-refractivity contribution in [1.29, 1.82) is 0 Å². The van der Waals surface area contributed by atoms with Gasteiger partial charge >= 0.3 is 0 Å². The molecule has 1 aliphatic rings. The molecule has 0 N–H and O–H groups in total. The van der Waals surface area contributed by atoms with Crippen LogP contribution in [0.4, 0.5) is 11.4 Å². The zero-order chi connectivity index (χ0) is 14.9. The van der Waals surface area contributed by atoms with Gasteiger partial charge in [-0.2, -0.15) is 0 Å². The van der Waals surface area contributed by atoms with Crippen LogP contribution in [-0.4, -0.2) is 17.5 Å². The molecule has 0 amide bonds. The number of nitro benzene ring substituents is 1. The van der Waals surface area contributed by atoms with Crippen LogP contribution in [0.2, 0.25) is 0 Å². The minimum atomic E-state index is -0.333. The number of halogens is 1. The van der Waals surface area contributed by atoms with E-state index in [2.05, 4.69) is 41.6 Å². The Morgan fingerprint density at radius 1 is 1.40 bits per heavy atom. The molecule has 0 spiro atoms. The Hall–Kier alpha value is -1.10. The first-order valence-corrected chi connectivity index (χ1v) is 8.16. The predicted octanol–water partition coefficient (Wildman–Crippen LogP) is 4.36. The summed E-state index contributed by atoms with van der Waals surface area (Å²) in [5.41, 5.74) is 2.28. The Kier molecular flexibility index (Phi) is 4.68. The van der Waals surface area contributed by atoms with E-state index in [9.17, 15) is 10.1 Å². The van der Waals surface area contributed by atoms with Gasteiger partial charge in [-0.1, -0.05) is 29.8 Å². The molecule has 0 aliphatic carbocycles. The lowest BCUT2D eigenvalue weighted by Crippen LogP contribution is -2.46. The third-order valence-electron chi connectivity index (χ3n) is 4.32. The van der Waals surface area contributed by atoms with Crippen LogP contribution in [0.1, 0.15) is 32.8 Å². The zero-order valence-corrected chi connectivity index (χ0v) is 13.8. The zero-order valence-electron chi connectivity index (χ0n) is 12.2. The maximum atomic E-state index is 10.9. The number of piperidine rings is 1. The van der Waals surface area contributed by atoms with Crippen molar-refractivity contribution in [3.8, 4) is 0 Å². The fourth-order valence-corrected chi connectivity index (χ4v) is 3.55. The first-order valence-electron chi connectivity index (χ1n) is 7.04. The summed E-state index contributed by atoms with van der Waals surface area (Å²) < 4.78 is 0. The number of non-ortho nitro benzene ring substituents is 1. The molecule has 110 valence electrons. The van der Waals surface area contributed by atoms with Gasteiger partial charge in [0.05, 0.1) is 4.92 Å². The highest BCUT2D eigenvalue weighted by Crippen LogP contribution is 2.35. The molecule has 1 aromatic rings. The number of anilines is 1. The number of hydrogen-bond donors (Lipinski definition) is 0. The minimum absolute atomic E-state index is 0.161. The molecular formula is C15H21BrN2O2. The number of nitro groups is 1. The molecule has 0 bridgehead atoms. The van der Waals surface area contributed by atoms with Crippen molar-refractivity contribution in [2.75, 3.05) is 11.4 Å². The van der Waals surface area contributed by atoms with Crippen LogP contribution in [0.3, 0.4) is 0 Å². The molecule has 0 aromatic heterocycles. The maximum Gasteiger partial charge on any atom is 0.269 e. The van der Waals surface area contributed by atoms with Crippen LogP contribution in [0, 0.1) is 22.0 Å². The van der Waals surface area contributed by atoms with E-state index >= 15 is 0 Å². The van der Waals surface area contributed by atoms with E-state index in [1.54, 1.807) is 12.1 Å². The Morgan fingerprint density at radius 2 is 2.10 bits per heavy atom. The predicted molar refractivity (Wildman–Crippen MR) is 85.5 cm³/mol. The highest BCUT2D eigenvalue weighted by molar-refractivity contribution is 9.08. The lowest BCUT2D eigenvalue weighted by molar-refractivity contribution is -0.384. The molecular weight excluding hydrogens is 320 g/mol. The lowest BCUT2D eigenvalue weighted by atomic mass is 9.85. The summed E-state index contributed by atoms with van der Waals surface area (Å²) in [7, 11) is 0. The normalized spacial score (nSPS) is 26.6. The van der Waals surface area contributed by atoms with Gasteiger partial charge in [-0.05, 0) is 36.8 Å². The van der Waals surface area contributed by atoms with Crippen LogP contribution in [0.25, 0.3) is 0 Å². The van der Waals surface area contributed by atoms with Gasteiger partial charge in [-0.15, -0.1) is 0 Å². The van der Waals surface area contributed by atoms with Crippen LogP contribution in [-0.2, 0) is 5.33 Å². The van der Waals surface area contributed by atoms with Gasteiger partial charge in [0.1, 0.15) is 0 Å². The van der Waals surface area contributed by atoms with Gasteiger partial charge in [0.2, 0.25) is 0 Å². The summed E-state index contributed by atoms with van der Waals surface area (Å²) in [6, 6.07) is 5.65. The summed E-state index contributed by atoms with van der Waals surface area (Å²) in [5, 5.41) is 11.5. The molecule has 1 heterocycles. The molecule has 5 heteroatoms. The quantitative estimate of drug-likeness (QED) is 0.466. The van der Waals surface area contributed by atoms with Crippen LogP contribution < -0.4 is 4.90 Å². The number of hydrogen-bond acceptors (Lipinski definition) is 3.